The number of benzene rings is 1. The number of methoxy groups -OCH3 is 1. The fraction of sp³-hybridized carbons (Fsp3) is 0.533. The molecule has 1 heterocycles. The van der Waals surface area contributed by atoms with Crippen molar-refractivity contribution in [2.24, 2.45) is 0 Å². The third kappa shape index (κ3) is 3.79. The number of Topliss-reactive ketones (excluding diaryl/α,β-unsaturated/α-hetero) is 1. The molecule has 0 radical (unpaired) electrons. The Hall–Kier alpha value is -1.43. The van der Waals surface area contributed by atoms with Crippen molar-refractivity contribution in [1.82, 2.24) is 4.90 Å². The molecule has 0 bridgehead atoms. The highest BCUT2D eigenvalue weighted by Gasteiger charge is 2.17. The molecule has 0 aromatic heterocycles. The average molecular weight is 279 g/mol. The lowest BCUT2D eigenvalue weighted by molar-refractivity contribution is 0.0868. The second kappa shape index (κ2) is 7.38. The molecule has 1 N–H and O–H groups in total. The third-order valence-corrected chi connectivity index (χ3v) is 3.41. The summed E-state index contributed by atoms with van der Waals surface area (Å²) in [6.07, 6.45) is 0.862. The number of carbonyl (C=O) groups excluding carboxylic acids is 1. The van der Waals surface area contributed by atoms with Crippen LogP contribution in [0.15, 0.2) is 18.2 Å². The molecule has 0 atom stereocenters. The van der Waals surface area contributed by atoms with Gasteiger partial charge in [-0.2, -0.15) is 0 Å². The Morgan fingerprint density at radius 2 is 2.30 bits per heavy atom. The summed E-state index contributed by atoms with van der Waals surface area (Å²) in [5.74, 6) is 0.942. The van der Waals surface area contributed by atoms with E-state index in [1.165, 1.54) is 0 Å². The Bertz CT molecular complexity index is 461. The zero-order chi connectivity index (χ0) is 14.4. The van der Waals surface area contributed by atoms with Gasteiger partial charge < -0.3 is 14.6 Å². The lowest BCUT2D eigenvalue weighted by atomic mass is 10.1. The van der Waals surface area contributed by atoms with E-state index in [9.17, 15) is 4.79 Å². The number of hydrogen-bond acceptors (Lipinski definition) is 5. The van der Waals surface area contributed by atoms with Crippen molar-refractivity contribution in [1.29, 1.82) is 0 Å². The molecule has 0 spiro atoms. The van der Waals surface area contributed by atoms with Gasteiger partial charge in [-0.25, -0.2) is 0 Å². The van der Waals surface area contributed by atoms with Crippen molar-refractivity contribution in [3.8, 4) is 5.75 Å². The number of ketones is 1. The van der Waals surface area contributed by atoms with Crippen LogP contribution in [0.2, 0.25) is 0 Å². The smallest absolute Gasteiger partial charge is 0.176 e. The van der Waals surface area contributed by atoms with Gasteiger partial charge in [0, 0.05) is 32.2 Å². The van der Waals surface area contributed by atoms with Gasteiger partial charge in [-0.1, -0.05) is 0 Å². The summed E-state index contributed by atoms with van der Waals surface area (Å²) in [5, 5.41) is 9.04. The number of aliphatic hydroxyl groups is 1. The van der Waals surface area contributed by atoms with Crippen LogP contribution in [0.25, 0.3) is 0 Å². The first-order chi connectivity index (χ1) is 9.74. The maximum atomic E-state index is 12.3. The molecule has 1 aromatic rings. The predicted molar refractivity (Wildman–Crippen MR) is 75.4 cm³/mol. The molecule has 1 aliphatic rings. The first kappa shape index (κ1) is 15.0. The van der Waals surface area contributed by atoms with Crippen LogP contribution < -0.4 is 4.74 Å². The number of nitrogens with zero attached hydrogens (tertiary/aromatic N) is 1. The van der Waals surface area contributed by atoms with Crippen LogP contribution in [0.1, 0.15) is 15.9 Å². The van der Waals surface area contributed by atoms with Crippen LogP contribution >= 0.6 is 0 Å². The Kier molecular flexibility index (Phi) is 5.52. The molecule has 0 unspecified atom stereocenters. The molecule has 2 rings (SSSR count). The zero-order valence-electron chi connectivity index (χ0n) is 11.8. The standard InChI is InChI=1S/C15H21NO4/c1-19-9-6-16(5-7-17)11-14(18)12-2-3-15-13(10-12)4-8-20-15/h2-3,10,17H,4-9,11H2,1H3. The minimum atomic E-state index is 0.0367. The SMILES string of the molecule is COCCN(CCO)CC(=O)c1ccc2c(c1)CCO2. The fourth-order valence-electron chi connectivity index (χ4n) is 2.29. The van der Waals surface area contributed by atoms with Crippen molar-refractivity contribution >= 4 is 5.78 Å². The van der Waals surface area contributed by atoms with Gasteiger partial charge >= 0.3 is 0 Å². The summed E-state index contributed by atoms with van der Waals surface area (Å²) in [6, 6.07) is 5.58. The van der Waals surface area contributed by atoms with Crippen LogP contribution in [0.5, 0.6) is 5.75 Å². The molecular formula is C15H21NO4. The molecule has 110 valence electrons. The van der Waals surface area contributed by atoms with Crippen LogP contribution in [0.3, 0.4) is 0 Å². The molecule has 0 saturated heterocycles. The molecular weight excluding hydrogens is 258 g/mol. The first-order valence-electron chi connectivity index (χ1n) is 6.85. The number of hydrogen-bond donors (Lipinski definition) is 1. The molecule has 1 aliphatic heterocycles. The van der Waals surface area contributed by atoms with E-state index < -0.39 is 0 Å². The largest absolute Gasteiger partial charge is 0.493 e. The van der Waals surface area contributed by atoms with Gasteiger partial charge in [-0.3, -0.25) is 9.69 Å². The maximum Gasteiger partial charge on any atom is 0.176 e. The van der Waals surface area contributed by atoms with Crippen molar-refractivity contribution in [3.63, 3.8) is 0 Å². The Labute approximate surface area is 119 Å². The monoisotopic (exact) mass is 279 g/mol. The lowest BCUT2D eigenvalue weighted by Crippen LogP contribution is -2.35. The lowest BCUT2D eigenvalue weighted by Gasteiger charge is -2.20. The van der Waals surface area contributed by atoms with Gasteiger partial charge in [0.15, 0.2) is 5.78 Å². The number of ether oxygens (including phenoxy) is 2. The fourth-order valence-corrected chi connectivity index (χ4v) is 2.29. The molecule has 20 heavy (non-hydrogen) atoms. The second-order valence-corrected chi connectivity index (χ2v) is 4.84. The van der Waals surface area contributed by atoms with Crippen LogP contribution in [0, 0.1) is 0 Å². The summed E-state index contributed by atoms with van der Waals surface area (Å²) < 4.78 is 10.4. The number of rotatable bonds is 8. The van der Waals surface area contributed by atoms with Gasteiger partial charge in [-0.05, 0) is 23.8 Å². The highest BCUT2D eigenvalue weighted by Crippen LogP contribution is 2.26. The first-order valence-corrected chi connectivity index (χ1v) is 6.85. The molecule has 5 nitrogen and oxygen atoms in total. The topological polar surface area (TPSA) is 59.0 Å². The Balaban J connectivity index is 1.98. The zero-order valence-corrected chi connectivity index (χ0v) is 11.8. The van der Waals surface area contributed by atoms with Gasteiger partial charge in [0.1, 0.15) is 5.75 Å². The average Bonchev–Trinajstić information content (AvgIpc) is 2.92. The highest BCUT2D eigenvalue weighted by atomic mass is 16.5. The van der Waals surface area contributed by atoms with Crippen molar-refractivity contribution < 1.29 is 19.4 Å². The third-order valence-electron chi connectivity index (χ3n) is 3.41. The van der Waals surface area contributed by atoms with E-state index in [2.05, 4.69) is 0 Å². The Morgan fingerprint density at radius 3 is 3.05 bits per heavy atom. The highest BCUT2D eigenvalue weighted by molar-refractivity contribution is 5.98. The van der Waals surface area contributed by atoms with Gasteiger partial charge in [0.05, 0.1) is 26.4 Å². The normalized spacial score (nSPS) is 13.3. The maximum absolute atomic E-state index is 12.3. The van der Waals surface area contributed by atoms with Gasteiger partial charge in [0.25, 0.3) is 0 Å². The summed E-state index contributed by atoms with van der Waals surface area (Å²) in [6.45, 7) is 2.68. The van der Waals surface area contributed by atoms with Gasteiger partial charge in [0.2, 0.25) is 0 Å². The molecule has 0 saturated carbocycles. The van der Waals surface area contributed by atoms with E-state index in [-0.39, 0.29) is 12.4 Å². The molecule has 0 fully saturated rings. The predicted octanol–water partition coefficient (Wildman–Crippen LogP) is 0.745. The quantitative estimate of drug-likeness (QED) is 0.711. The van der Waals surface area contributed by atoms with Crippen LogP contribution in [-0.4, -0.2) is 62.4 Å². The van der Waals surface area contributed by atoms with Crippen LogP contribution in [0.4, 0.5) is 0 Å². The minimum Gasteiger partial charge on any atom is -0.493 e. The van der Waals surface area contributed by atoms with E-state index in [1.807, 2.05) is 17.0 Å². The van der Waals surface area contributed by atoms with E-state index in [0.29, 0.717) is 38.4 Å². The second-order valence-electron chi connectivity index (χ2n) is 4.84. The van der Waals surface area contributed by atoms with E-state index in [0.717, 1.165) is 17.7 Å². The van der Waals surface area contributed by atoms with E-state index >= 15 is 0 Å². The molecule has 0 aliphatic carbocycles. The summed E-state index contributed by atoms with van der Waals surface area (Å²) in [4.78, 5) is 14.2. The van der Waals surface area contributed by atoms with Crippen molar-refractivity contribution in [2.75, 3.05) is 46.6 Å². The van der Waals surface area contributed by atoms with E-state index in [1.54, 1.807) is 13.2 Å². The van der Waals surface area contributed by atoms with Crippen LogP contribution in [-0.2, 0) is 11.2 Å². The summed E-state index contributed by atoms with van der Waals surface area (Å²) in [5.41, 5.74) is 1.80. The summed E-state index contributed by atoms with van der Waals surface area (Å²) >= 11 is 0. The van der Waals surface area contributed by atoms with Crippen molar-refractivity contribution in [3.05, 3.63) is 29.3 Å². The number of aliphatic hydroxyl groups excluding tert-OH is 1. The molecule has 0 amide bonds. The summed E-state index contributed by atoms with van der Waals surface area (Å²) in [7, 11) is 1.62. The molecule has 5 heteroatoms. The van der Waals surface area contributed by atoms with Crippen molar-refractivity contribution in [2.45, 2.75) is 6.42 Å². The minimum absolute atomic E-state index is 0.0367. The van der Waals surface area contributed by atoms with E-state index in [4.69, 9.17) is 14.6 Å². The van der Waals surface area contributed by atoms with Gasteiger partial charge in [-0.15, -0.1) is 0 Å². The molecule has 1 aromatic carbocycles. The number of fused-ring (bicyclic) bond motifs is 1. The number of carbonyl (C=O) groups is 1. The Morgan fingerprint density at radius 1 is 1.45 bits per heavy atom.